The molecule has 0 aliphatic carbocycles. The van der Waals surface area contributed by atoms with Crippen LogP contribution in [-0.4, -0.2) is 36.6 Å². The van der Waals surface area contributed by atoms with Gasteiger partial charge < -0.3 is 5.32 Å². The number of nitrogens with zero attached hydrogens (tertiary/aromatic N) is 1. The van der Waals surface area contributed by atoms with Crippen LogP contribution >= 0.6 is 0 Å². The summed E-state index contributed by atoms with van der Waals surface area (Å²) >= 11 is 0. The van der Waals surface area contributed by atoms with E-state index in [9.17, 15) is 0 Å². The molecular weight excluding hydrogens is 184 g/mol. The van der Waals surface area contributed by atoms with E-state index in [0.717, 1.165) is 0 Å². The van der Waals surface area contributed by atoms with Crippen molar-refractivity contribution in [3.8, 4) is 0 Å². The van der Waals surface area contributed by atoms with Crippen molar-refractivity contribution in [2.45, 2.75) is 64.5 Å². The number of hydrogen-bond donors (Lipinski definition) is 1. The van der Waals surface area contributed by atoms with Crippen molar-refractivity contribution < 1.29 is 0 Å². The van der Waals surface area contributed by atoms with E-state index in [1.807, 2.05) is 0 Å². The monoisotopic (exact) mass is 212 g/mol. The molecule has 0 amide bonds. The van der Waals surface area contributed by atoms with Crippen molar-refractivity contribution in [3.05, 3.63) is 0 Å². The second-order valence-corrected chi connectivity index (χ2v) is 5.49. The van der Waals surface area contributed by atoms with Gasteiger partial charge in [-0.05, 0) is 46.7 Å². The van der Waals surface area contributed by atoms with Crippen LogP contribution < -0.4 is 5.32 Å². The quantitative estimate of drug-likeness (QED) is 0.705. The fourth-order valence-electron chi connectivity index (χ4n) is 2.47. The van der Waals surface area contributed by atoms with Gasteiger partial charge in [0.2, 0.25) is 0 Å². The lowest BCUT2D eigenvalue weighted by Gasteiger charge is -2.45. The number of piperidine rings is 1. The van der Waals surface area contributed by atoms with Crippen molar-refractivity contribution in [1.82, 2.24) is 10.2 Å². The molecule has 0 spiro atoms. The Morgan fingerprint density at radius 2 is 2.07 bits per heavy atom. The largest absolute Gasteiger partial charge is 0.316 e. The molecule has 0 saturated carbocycles. The molecule has 0 bridgehead atoms. The van der Waals surface area contributed by atoms with Gasteiger partial charge in [0.25, 0.3) is 0 Å². The zero-order chi connectivity index (χ0) is 11.3. The van der Waals surface area contributed by atoms with Crippen LogP contribution in [0.5, 0.6) is 0 Å². The highest BCUT2D eigenvalue weighted by Gasteiger charge is 2.32. The minimum atomic E-state index is 0.418. The fraction of sp³-hybridized carbons (Fsp3) is 1.00. The van der Waals surface area contributed by atoms with Gasteiger partial charge in [-0.15, -0.1) is 0 Å². The molecule has 1 unspecified atom stereocenters. The molecular formula is C13H28N2. The first kappa shape index (κ1) is 13.0. The molecule has 0 radical (unpaired) electrons. The Morgan fingerprint density at radius 3 is 2.67 bits per heavy atom. The number of likely N-dealkylation sites (N-methyl/N-ethyl adjacent to an activating group) is 1. The summed E-state index contributed by atoms with van der Waals surface area (Å²) < 4.78 is 0. The molecule has 1 rings (SSSR count). The first-order valence-electron chi connectivity index (χ1n) is 6.52. The maximum atomic E-state index is 3.42. The van der Waals surface area contributed by atoms with Gasteiger partial charge in [0.15, 0.2) is 0 Å². The Morgan fingerprint density at radius 1 is 1.33 bits per heavy atom. The Hall–Kier alpha value is -0.0800. The maximum Gasteiger partial charge on any atom is 0.0192 e. The van der Waals surface area contributed by atoms with Crippen LogP contribution in [0.2, 0.25) is 0 Å². The molecule has 1 aliphatic rings. The van der Waals surface area contributed by atoms with E-state index in [4.69, 9.17) is 0 Å². The van der Waals surface area contributed by atoms with Crippen LogP contribution in [0.25, 0.3) is 0 Å². The van der Waals surface area contributed by atoms with Crippen LogP contribution in [0.15, 0.2) is 0 Å². The zero-order valence-corrected chi connectivity index (χ0v) is 11.0. The summed E-state index contributed by atoms with van der Waals surface area (Å²) in [7, 11) is 2.09. The van der Waals surface area contributed by atoms with Crippen molar-refractivity contribution in [3.63, 3.8) is 0 Å². The molecule has 1 atom stereocenters. The molecule has 0 aromatic rings. The highest BCUT2D eigenvalue weighted by molar-refractivity contribution is 4.90. The van der Waals surface area contributed by atoms with E-state index in [2.05, 4.69) is 38.0 Å². The summed E-state index contributed by atoms with van der Waals surface area (Å²) in [6.07, 6.45) is 6.70. The Balaban J connectivity index is 2.41. The third-order valence-electron chi connectivity index (χ3n) is 3.84. The van der Waals surface area contributed by atoms with E-state index >= 15 is 0 Å². The van der Waals surface area contributed by atoms with Crippen molar-refractivity contribution in [2.24, 2.45) is 0 Å². The standard InChI is InChI=1S/C13H28N2/c1-5-6-7-10-15-11-12(14-4)8-9-13(15,2)3/h12,14H,5-11H2,1-4H3. The third-order valence-corrected chi connectivity index (χ3v) is 3.84. The second kappa shape index (κ2) is 5.86. The van der Waals surface area contributed by atoms with Gasteiger partial charge in [-0.2, -0.15) is 0 Å². The lowest BCUT2D eigenvalue weighted by molar-refractivity contribution is 0.0577. The van der Waals surface area contributed by atoms with Crippen LogP contribution in [0.3, 0.4) is 0 Å². The highest BCUT2D eigenvalue weighted by Crippen LogP contribution is 2.27. The van der Waals surface area contributed by atoms with Gasteiger partial charge >= 0.3 is 0 Å². The Kier molecular flexibility index (Phi) is 5.07. The van der Waals surface area contributed by atoms with Gasteiger partial charge in [0.1, 0.15) is 0 Å². The molecule has 1 N–H and O–H groups in total. The lowest BCUT2D eigenvalue weighted by atomic mass is 9.88. The van der Waals surface area contributed by atoms with Gasteiger partial charge in [-0.25, -0.2) is 0 Å². The minimum absolute atomic E-state index is 0.418. The van der Waals surface area contributed by atoms with Crippen LogP contribution in [-0.2, 0) is 0 Å². The molecule has 2 heteroatoms. The fourth-order valence-corrected chi connectivity index (χ4v) is 2.47. The molecule has 0 aromatic carbocycles. The van der Waals surface area contributed by atoms with Crippen LogP contribution in [0, 0.1) is 0 Å². The molecule has 1 heterocycles. The topological polar surface area (TPSA) is 15.3 Å². The number of nitrogens with one attached hydrogen (secondary N) is 1. The molecule has 15 heavy (non-hydrogen) atoms. The predicted molar refractivity (Wildman–Crippen MR) is 67.3 cm³/mol. The third kappa shape index (κ3) is 3.76. The molecule has 2 nitrogen and oxygen atoms in total. The summed E-state index contributed by atoms with van der Waals surface area (Å²) in [5.74, 6) is 0. The van der Waals surface area contributed by atoms with Crippen LogP contribution in [0.4, 0.5) is 0 Å². The first-order valence-corrected chi connectivity index (χ1v) is 6.52. The molecule has 1 aliphatic heterocycles. The number of rotatable bonds is 5. The number of hydrogen-bond acceptors (Lipinski definition) is 2. The van der Waals surface area contributed by atoms with Crippen molar-refractivity contribution in [2.75, 3.05) is 20.1 Å². The Bertz CT molecular complexity index is 177. The molecule has 1 saturated heterocycles. The lowest BCUT2D eigenvalue weighted by Crippen LogP contribution is -2.55. The van der Waals surface area contributed by atoms with E-state index in [-0.39, 0.29) is 0 Å². The number of unbranched alkanes of at least 4 members (excludes halogenated alkanes) is 2. The van der Waals surface area contributed by atoms with Crippen LogP contribution in [0.1, 0.15) is 52.9 Å². The summed E-state index contributed by atoms with van der Waals surface area (Å²) in [6.45, 7) is 9.57. The average Bonchev–Trinajstić information content (AvgIpc) is 2.21. The van der Waals surface area contributed by atoms with E-state index in [1.54, 1.807) is 0 Å². The minimum Gasteiger partial charge on any atom is -0.316 e. The normalized spacial score (nSPS) is 26.8. The molecule has 90 valence electrons. The van der Waals surface area contributed by atoms with Gasteiger partial charge in [0, 0.05) is 18.1 Å². The highest BCUT2D eigenvalue weighted by atomic mass is 15.2. The SMILES string of the molecule is CCCCCN1CC(NC)CCC1(C)C. The number of likely N-dealkylation sites (tertiary alicyclic amines) is 1. The zero-order valence-electron chi connectivity index (χ0n) is 11.0. The van der Waals surface area contributed by atoms with Gasteiger partial charge in [0.05, 0.1) is 0 Å². The summed E-state index contributed by atoms with van der Waals surface area (Å²) in [6, 6.07) is 0.708. The van der Waals surface area contributed by atoms with Crippen molar-refractivity contribution in [1.29, 1.82) is 0 Å². The van der Waals surface area contributed by atoms with E-state index in [1.165, 1.54) is 45.2 Å². The van der Waals surface area contributed by atoms with Gasteiger partial charge in [-0.1, -0.05) is 19.8 Å². The van der Waals surface area contributed by atoms with E-state index in [0.29, 0.717) is 11.6 Å². The summed E-state index contributed by atoms with van der Waals surface area (Å²) in [5.41, 5.74) is 0.418. The molecule has 1 fully saturated rings. The van der Waals surface area contributed by atoms with Crippen molar-refractivity contribution >= 4 is 0 Å². The first-order chi connectivity index (χ1) is 7.10. The average molecular weight is 212 g/mol. The molecule has 0 aromatic heterocycles. The van der Waals surface area contributed by atoms with Gasteiger partial charge in [-0.3, -0.25) is 4.90 Å². The maximum absolute atomic E-state index is 3.42. The summed E-state index contributed by atoms with van der Waals surface area (Å²) in [5, 5.41) is 3.42. The smallest absolute Gasteiger partial charge is 0.0192 e. The summed E-state index contributed by atoms with van der Waals surface area (Å²) in [4.78, 5) is 2.67. The Labute approximate surface area is 95.4 Å². The predicted octanol–water partition coefficient (Wildman–Crippen LogP) is 2.64. The van der Waals surface area contributed by atoms with E-state index < -0.39 is 0 Å². The second-order valence-electron chi connectivity index (χ2n) is 5.49.